The number of hydrogen-bond acceptors (Lipinski definition) is 5. The molecule has 2 aromatic rings. The van der Waals surface area contributed by atoms with Crippen LogP contribution in [-0.2, 0) is 13.0 Å². The molecular weight excluding hydrogens is 296 g/mol. The summed E-state index contributed by atoms with van der Waals surface area (Å²) in [4.78, 5) is 4.31. The topological polar surface area (TPSA) is 99.6 Å². The van der Waals surface area contributed by atoms with Gasteiger partial charge in [-0.25, -0.2) is 0 Å². The zero-order valence-electron chi connectivity index (χ0n) is 13.6. The van der Waals surface area contributed by atoms with Crippen molar-refractivity contribution in [2.45, 2.75) is 19.9 Å². The SMILES string of the molecule is CCc1nncn1CCN=C(N)Nc1cc(OC)ccc1OC. The minimum absolute atomic E-state index is 0.308. The Morgan fingerprint density at radius 1 is 1.35 bits per heavy atom. The number of anilines is 1. The van der Waals surface area contributed by atoms with Crippen molar-refractivity contribution in [3.63, 3.8) is 0 Å². The van der Waals surface area contributed by atoms with Gasteiger partial charge in [-0.3, -0.25) is 4.99 Å². The van der Waals surface area contributed by atoms with Crippen LogP contribution in [-0.4, -0.2) is 41.5 Å². The molecule has 1 aromatic carbocycles. The van der Waals surface area contributed by atoms with Gasteiger partial charge >= 0.3 is 0 Å². The highest BCUT2D eigenvalue weighted by atomic mass is 16.5. The molecule has 1 heterocycles. The van der Waals surface area contributed by atoms with E-state index in [1.54, 1.807) is 32.7 Å². The third kappa shape index (κ3) is 4.35. The highest BCUT2D eigenvalue weighted by Gasteiger charge is 2.06. The van der Waals surface area contributed by atoms with Gasteiger partial charge < -0.3 is 25.1 Å². The van der Waals surface area contributed by atoms with Crippen LogP contribution in [0.25, 0.3) is 0 Å². The number of methoxy groups -OCH3 is 2. The maximum absolute atomic E-state index is 5.93. The summed E-state index contributed by atoms with van der Waals surface area (Å²) in [6.07, 6.45) is 2.53. The number of guanidine groups is 1. The Morgan fingerprint density at radius 2 is 2.17 bits per heavy atom. The van der Waals surface area contributed by atoms with Crippen LogP contribution in [0.3, 0.4) is 0 Å². The number of nitrogens with zero attached hydrogens (tertiary/aromatic N) is 4. The first-order valence-electron chi connectivity index (χ1n) is 7.33. The molecule has 0 atom stereocenters. The number of hydrogen-bond donors (Lipinski definition) is 2. The van der Waals surface area contributed by atoms with Gasteiger partial charge in [-0.1, -0.05) is 6.92 Å². The van der Waals surface area contributed by atoms with Gasteiger partial charge in [-0.05, 0) is 12.1 Å². The van der Waals surface area contributed by atoms with Crippen LogP contribution in [0.4, 0.5) is 5.69 Å². The molecule has 0 saturated carbocycles. The fraction of sp³-hybridized carbons (Fsp3) is 0.400. The quantitative estimate of drug-likeness (QED) is 0.589. The minimum atomic E-state index is 0.308. The first-order valence-corrected chi connectivity index (χ1v) is 7.33. The average molecular weight is 318 g/mol. The number of aliphatic imine (C=N–C) groups is 1. The van der Waals surface area contributed by atoms with Crippen molar-refractivity contribution in [2.24, 2.45) is 10.7 Å². The molecule has 8 nitrogen and oxygen atoms in total. The summed E-state index contributed by atoms with van der Waals surface area (Å²) < 4.78 is 12.4. The van der Waals surface area contributed by atoms with E-state index in [2.05, 4.69) is 20.5 Å². The summed E-state index contributed by atoms with van der Waals surface area (Å²) in [7, 11) is 3.20. The molecule has 0 unspecified atom stereocenters. The van der Waals surface area contributed by atoms with Gasteiger partial charge in [0, 0.05) is 19.0 Å². The number of ether oxygens (including phenoxy) is 2. The molecule has 0 spiro atoms. The van der Waals surface area contributed by atoms with E-state index in [1.807, 2.05) is 17.6 Å². The molecule has 0 radical (unpaired) electrons. The van der Waals surface area contributed by atoms with Crippen LogP contribution >= 0.6 is 0 Å². The van der Waals surface area contributed by atoms with Crippen molar-refractivity contribution >= 4 is 11.6 Å². The molecule has 0 saturated heterocycles. The van der Waals surface area contributed by atoms with Crippen molar-refractivity contribution in [3.05, 3.63) is 30.4 Å². The second kappa shape index (κ2) is 8.02. The van der Waals surface area contributed by atoms with E-state index in [9.17, 15) is 0 Å². The van der Waals surface area contributed by atoms with Gasteiger partial charge in [-0.15, -0.1) is 10.2 Å². The smallest absolute Gasteiger partial charge is 0.193 e. The van der Waals surface area contributed by atoms with Gasteiger partial charge in [0.05, 0.1) is 26.5 Å². The van der Waals surface area contributed by atoms with Crippen LogP contribution < -0.4 is 20.5 Å². The van der Waals surface area contributed by atoms with E-state index in [4.69, 9.17) is 15.2 Å². The molecule has 0 amide bonds. The maximum Gasteiger partial charge on any atom is 0.193 e. The van der Waals surface area contributed by atoms with Gasteiger partial charge in [0.25, 0.3) is 0 Å². The second-order valence-electron chi connectivity index (χ2n) is 4.75. The van der Waals surface area contributed by atoms with Crippen LogP contribution in [0, 0.1) is 0 Å². The van der Waals surface area contributed by atoms with Gasteiger partial charge in [0.1, 0.15) is 23.7 Å². The first kappa shape index (κ1) is 16.6. The summed E-state index contributed by atoms with van der Waals surface area (Å²) in [6, 6.07) is 5.42. The lowest BCUT2D eigenvalue weighted by Crippen LogP contribution is -2.23. The molecule has 0 fully saturated rings. The third-order valence-corrected chi connectivity index (χ3v) is 3.30. The number of aromatic nitrogens is 3. The van der Waals surface area contributed by atoms with Crippen LogP contribution in [0.15, 0.2) is 29.5 Å². The first-order chi connectivity index (χ1) is 11.2. The Labute approximate surface area is 135 Å². The van der Waals surface area contributed by atoms with E-state index in [1.165, 1.54) is 0 Å². The molecule has 8 heteroatoms. The van der Waals surface area contributed by atoms with E-state index in [0.29, 0.717) is 36.2 Å². The lowest BCUT2D eigenvalue weighted by Gasteiger charge is -2.12. The molecule has 23 heavy (non-hydrogen) atoms. The highest BCUT2D eigenvalue weighted by molar-refractivity contribution is 5.93. The predicted octanol–water partition coefficient (Wildman–Crippen LogP) is 1.28. The molecule has 0 aliphatic rings. The molecule has 1 aromatic heterocycles. The molecule has 0 bridgehead atoms. The van der Waals surface area contributed by atoms with Gasteiger partial charge in [0.15, 0.2) is 5.96 Å². The fourth-order valence-corrected chi connectivity index (χ4v) is 2.11. The van der Waals surface area contributed by atoms with E-state index in [0.717, 1.165) is 12.2 Å². The maximum atomic E-state index is 5.93. The largest absolute Gasteiger partial charge is 0.497 e. The summed E-state index contributed by atoms with van der Waals surface area (Å²) >= 11 is 0. The number of nitrogens with one attached hydrogen (secondary N) is 1. The van der Waals surface area contributed by atoms with Crippen molar-refractivity contribution in [1.82, 2.24) is 14.8 Å². The molecule has 2 rings (SSSR count). The van der Waals surface area contributed by atoms with Gasteiger partial charge in [-0.2, -0.15) is 0 Å². The lowest BCUT2D eigenvalue weighted by molar-refractivity contribution is 0.405. The Kier molecular flexibility index (Phi) is 5.79. The molecule has 0 aliphatic carbocycles. The van der Waals surface area contributed by atoms with E-state index in [-0.39, 0.29) is 0 Å². The number of benzene rings is 1. The van der Waals surface area contributed by atoms with E-state index >= 15 is 0 Å². The van der Waals surface area contributed by atoms with Crippen LogP contribution in [0.5, 0.6) is 11.5 Å². The van der Waals surface area contributed by atoms with Crippen LogP contribution in [0.1, 0.15) is 12.7 Å². The molecule has 0 aliphatic heterocycles. The second-order valence-corrected chi connectivity index (χ2v) is 4.75. The average Bonchev–Trinajstić information content (AvgIpc) is 3.02. The molecule has 124 valence electrons. The Balaban J connectivity index is 1.99. The number of rotatable bonds is 7. The van der Waals surface area contributed by atoms with Crippen molar-refractivity contribution < 1.29 is 9.47 Å². The standard InChI is InChI=1S/C15H22N6O2/c1-4-14-20-18-10-21(14)8-7-17-15(16)19-12-9-11(22-2)5-6-13(12)23-3/h5-6,9-10H,4,7-8H2,1-3H3,(H3,16,17,19). The summed E-state index contributed by atoms with van der Waals surface area (Å²) in [5, 5.41) is 10.9. The van der Waals surface area contributed by atoms with E-state index < -0.39 is 0 Å². The zero-order chi connectivity index (χ0) is 16.7. The summed E-state index contributed by atoms with van der Waals surface area (Å²) in [5.74, 6) is 2.61. The highest BCUT2D eigenvalue weighted by Crippen LogP contribution is 2.28. The van der Waals surface area contributed by atoms with Crippen molar-refractivity contribution in [1.29, 1.82) is 0 Å². The lowest BCUT2D eigenvalue weighted by atomic mass is 10.2. The van der Waals surface area contributed by atoms with Crippen molar-refractivity contribution in [2.75, 3.05) is 26.1 Å². The predicted molar refractivity (Wildman–Crippen MR) is 89.1 cm³/mol. The fourth-order valence-electron chi connectivity index (χ4n) is 2.11. The number of nitrogens with two attached hydrogens (primary N) is 1. The normalized spacial score (nSPS) is 11.3. The third-order valence-electron chi connectivity index (χ3n) is 3.30. The van der Waals surface area contributed by atoms with Crippen LogP contribution in [0.2, 0.25) is 0 Å². The number of aryl methyl sites for hydroxylation is 1. The van der Waals surface area contributed by atoms with Crippen molar-refractivity contribution in [3.8, 4) is 11.5 Å². The monoisotopic (exact) mass is 318 g/mol. The Hall–Kier alpha value is -2.77. The zero-order valence-corrected chi connectivity index (χ0v) is 13.6. The van der Waals surface area contributed by atoms with Gasteiger partial charge in [0.2, 0.25) is 0 Å². The molecule has 3 N–H and O–H groups in total. The summed E-state index contributed by atoms with van der Waals surface area (Å²) in [6.45, 7) is 3.23. The molecular formula is C15H22N6O2. The minimum Gasteiger partial charge on any atom is -0.497 e. The Morgan fingerprint density at radius 3 is 2.87 bits per heavy atom. The Bertz CT molecular complexity index is 668. The summed E-state index contributed by atoms with van der Waals surface area (Å²) in [5.41, 5.74) is 6.63.